The van der Waals surface area contributed by atoms with Crippen LogP contribution in [0.5, 0.6) is 0 Å². The van der Waals surface area contributed by atoms with E-state index in [0.717, 1.165) is 0 Å². The van der Waals surface area contributed by atoms with Crippen LogP contribution in [0.1, 0.15) is 13.8 Å². The molecule has 3 N–H and O–H groups in total. The van der Waals surface area contributed by atoms with Crippen molar-refractivity contribution in [3.8, 4) is 0 Å². The van der Waals surface area contributed by atoms with Gasteiger partial charge in [0.05, 0.1) is 10.7 Å². The smallest absolute Gasteiger partial charge is 0.228 e. The Morgan fingerprint density at radius 2 is 1.77 bits per heavy atom. The molecule has 0 aliphatic rings. The first-order chi connectivity index (χ1) is 10.1. The summed E-state index contributed by atoms with van der Waals surface area (Å²) in [7, 11) is 0. The summed E-state index contributed by atoms with van der Waals surface area (Å²) in [6.45, 7) is 3.45. The van der Waals surface area contributed by atoms with Crippen LogP contribution in [0.2, 0.25) is 5.02 Å². The Balaban J connectivity index is 2.75. The van der Waals surface area contributed by atoms with Crippen LogP contribution in [0, 0.1) is 5.92 Å². The monoisotopic (exact) mass is 401 g/mol. The van der Waals surface area contributed by atoms with Crippen molar-refractivity contribution in [3.05, 3.63) is 29.3 Å². The van der Waals surface area contributed by atoms with Crippen LogP contribution >= 0.6 is 58.6 Å². The molecule has 1 aromatic rings. The van der Waals surface area contributed by atoms with E-state index in [9.17, 15) is 4.79 Å². The fourth-order valence-electron chi connectivity index (χ4n) is 1.36. The zero-order chi connectivity index (χ0) is 16.9. The second-order valence-electron chi connectivity index (χ2n) is 4.72. The van der Waals surface area contributed by atoms with E-state index in [4.69, 9.17) is 58.6 Å². The maximum Gasteiger partial charge on any atom is 0.228 e. The maximum atomic E-state index is 11.8. The Morgan fingerprint density at radius 3 is 2.27 bits per heavy atom. The average Bonchev–Trinajstić information content (AvgIpc) is 2.39. The second-order valence-corrected chi connectivity index (χ2v) is 7.90. The van der Waals surface area contributed by atoms with E-state index in [1.807, 2.05) is 0 Å². The van der Waals surface area contributed by atoms with Gasteiger partial charge in [0, 0.05) is 5.92 Å². The maximum absolute atomic E-state index is 11.8. The summed E-state index contributed by atoms with van der Waals surface area (Å²) in [4.78, 5) is 11.8. The van der Waals surface area contributed by atoms with Gasteiger partial charge in [0.15, 0.2) is 5.11 Å². The summed E-state index contributed by atoms with van der Waals surface area (Å²) < 4.78 is -1.78. The molecule has 4 nitrogen and oxygen atoms in total. The predicted molar refractivity (Wildman–Crippen MR) is 97.9 cm³/mol. The first-order valence-electron chi connectivity index (χ1n) is 6.30. The lowest BCUT2D eigenvalue weighted by molar-refractivity contribution is -0.124. The van der Waals surface area contributed by atoms with Crippen LogP contribution < -0.4 is 16.0 Å². The number of carbonyl (C=O) groups is 1. The molecule has 0 fully saturated rings. The van der Waals surface area contributed by atoms with Crippen LogP contribution in [0.15, 0.2) is 24.3 Å². The fraction of sp³-hybridized carbons (Fsp3) is 0.385. The van der Waals surface area contributed by atoms with E-state index in [0.29, 0.717) is 10.7 Å². The van der Waals surface area contributed by atoms with Gasteiger partial charge in [-0.15, -0.1) is 0 Å². The van der Waals surface area contributed by atoms with Gasteiger partial charge in [-0.2, -0.15) is 0 Å². The van der Waals surface area contributed by atoms with Gasteiger partial charge in [-0.25, -0.2) is 0 Å². The zero-order valence-corrected chi connectivity index (χ0v) is 15.6. The minimum atomic E-state index is -1.78. The molecule has 0 aromatic heterocycles. The number of amides is 1. The number of hydrogen-bond acceptors (Lipinski definition) is 2. The third kappa shape index (κ3) is 6.34. The predicted octanol–water partition coefficient (Wildman–Crippen LogP) is 4.09. The number of hydrogen-bond donors (Lipinski definition) is 3. The van der Waals surface area contributed by atoms with Gasteiger partial charge in [0.1, 0.15) is 6.17 Å². The summed E-state index contributed by atoms with van der Waals surface area (Å²) in [5.74, 6) is -0.536. The molecule has 0 bridgehead atoms. The highest BCUT2D eigenvalue weighted by atomic mass is 35.6. The Labute approximate surface area is 154 Å². The minimum absolute atomic E-state index is 0.161. The fourth-order valence-corrected chi connectivity index (χ4v) is 2.10. The molecule has 0 aliphatic carbocycles. The minimum Gasteiger partial charge on any atom is -0.339 e. The van der Waals surface area contributed by atoms with Gasteiger partial charge in [-0.05, 0) is 24.4 Å². The summed E-state index contributed by atoms with van der Waals surface area (Å²) in [5.41, 5.74) is 0.597. The third-order valence-corrected chi connectivity index (χ3v) is 3.74. The molecule has 1 rings (SSSR count). The van der Waals surface area contributed by atoms with E-state index < -0.39 is 9.96 Å². The highest BCUT2D eigenvalue weighted by Crippen LogP contribution is 2.29. The topological polar surface area (TPSA) is 53.2 Å². The van der Waals surface area contributed by atoms with Crippen molar-refractivity contribution in [1.29, 1.82) is 0 Å². The van der Waals surface area contributed by atoms with Gasteiger partial charge >= 0.3 is 0 Å². The summed E-state index contributed by atoms with van der Waals surface area (Å²) in [5, 5.41) is 8.86. The molecule has 122 valence electrons. The number of rotatable bonds is 4. The van der Waals surface area contributed by atoms with Crippen LogP contribution in [0.25, 0.3) is 0 Å². The van der Waals surface area contributed by atoms with Crippen molar-refractivity contribution < 1.29 is 4.79 Å². The summed E-state index contributed by atoms with van der Waals surface area (Å²) in [6, 6.07) is 7.04. The first kappa shape index (κ1) is 19.6. The number of para-hydroxylation sites is 1. The van der Waals surface area contributed by atoms with E-state index in [1.54, 1.807) is 38.1 Å². The number of halogens is 4. The van der Waals surface area contributed by atoms with Gasteiger partial charge in [-0.1, -0.05) is 72.4 Å². The molecule has 0 unspecified atom stereocenters. The molecule has 1 atom stereocenters. The largest absolute Gasteiger partial charge is 0.339 e. The quantitative estimate of drug-likeness (QED) is 0.403. The Hall–Kier alpha value is -0.460. The number of nitrogens with one attached hydrogen (secondary N) is 3. The molecular weight excluding hydrogens is 388 g/mol. The molecule has 22 heavy (non-hydrogen) atoms. The first-order valence-corrected chi connectivity index (χ1v) is 8.22. The van der Waals surface area contributed by atoms with Gasteiger partial charge < -0.3 is 16.0 Å². The molecule has 0 spiro atoms. The molecule has 1 aromatic carbocycles. The number of benzene rings is 1. The average molecular weight is 403 g/mol. The van der Waals surface area contributed by atoms with Crippen molar-refractivity contribution >= 4 is 75.3 Å². The molecule has 1 amide bonds. The Kier molecular flexibility index (Phi) is 7.49. The van der Waals surface area contributed by atoms with E-state index in [-0.39, 0.29) is 16.9 Å². The normalized spacial score (nSPS) is 12.7. The van der Waals surface area contributed by atoms with Crippen molar-refractivity contribution in [2.24, 2.45) is 5.92 Å². The van der Waals surface area contributed by atoms with Crippen LogP contribution in [-0.4, -0.2) is 21.0 Å². The molecule has 0 aliphatic heterocycles. The van der Waals surface area contributed by atoms with Crippen molar-refractivity contribution in [2.75, 3.05) is 5.32 Å². The summed E-state index contributed by atoms with van der Waals surface area (Å²) in [6.07, 6.45) is -0.991. The van der Waals surface area contributed by atoms with Crippen molar-refractivity contribution in [2.45, 2.75) is 23.8 Å². The number of alkyl halides is 3. The van der Waals surface area contributed by atoms with Crippen LogP contribution in [0.3, 0.4) is 0 Å². The van der Waals surface area contributed by atoms with Gasteiger partial charge in [0.25, 0.3) is 0 Å². The van der Waals surface area contributed by atoms with E-state index >= 15 is 0 Å². The van der Waals surface area contributed by atoms with Gasteiger partial charge in [-0.3, -0.25) is 4.79 Å². The Morgan fingerprint density at radius 1 is 1.18 bits per heavy atom. The molecule has 0 heterocycles. The van der Waals surface area contributed by atoms with Crippen LogP contribution in [-0.2, 0) is 4.79 Å². The third-order valence-electron chi connectivity index (χ3n) is 2.54. The number of anilines is 1. The SMILES string of the molecule is CC(C)C(=O)N[C@@H](NC(=S)Nc1ccccc1Cl)C(Cl)(Cl)Cl. The number of carbonyl (C=O) groups excluding carboxylic acids is 1. The molecule has 0 radical (unpaired) electrons. The second kappa shape index (κ2) is 8.41. The highest BCUT2D eigenvalue weighted by molar-refractivity contribution is 7.80. The van der Waals surface area contributed by atoms with Gasteiger partial charge in [0.2, 0.25) is 9.70 Å². The molecule has 0 saturated carbocycles. The zero-order valence-electron chi connectivity index (χ0n) is 11.8. The number of thiocarbonyl (C=S) groups is 1. The van der Waals surface area contributed by atoms with Crippen molar-refractivity contribution in [3.63, 3.8) is 0 Å². The lowest BCUT2D eigenvalue weighted by atomic mass is 10.2. The summed E-state index contributed by atoms with van der Waals surface area (Å²) >= 11 is 28.8. The lowest BCUT2D eigenvalue weighted by Crippen LogP contribution is -2.56. The molecular formula is C13H15Cl4N3OS. The molecule has 9 heteroatoms. The van der Waals surface area contributed by atoms with E-state index in [1.165, 1.54) is 0 Å². The molecule has 0 saturated heterocycles. The lowest BCUT2D eigenvalue weighted by Gasteiger charge is -2.28. The Bertz CT molecular complexity index is 548. The highest BCUT2D eigenvalue weighted by Gasteiger charge is 2.35. The van der Waals surface area contributed by atoms with Crippen LogP contribution in [0.4, 0.5) is 5.69 Å². The van der Waals surface area contributed by atoms with Crippen molar-refractivity contribution in [1.82, 2.24) is 10.6 Å². The van der Waals surface area contributed by atoms with E-state index in [2.05, 4.69) is 16.0 Å². The standard InChI is InChI=1S/C13H15Cl4N3OS/c1-7(2)10(21)19-11(13(15,16)17)20-12(22)18-9-6-4-3-5-8(9)14/h3-7,11H,1-2H3,(H,19,21)(H2,18,20,22)/t11-/m0/s1.